The lowest BCUT2D eigenvalue weighted by Gasteiger charge is -2.31. The monoisotopic (exact) mass is 496 g/mol. The molecule has 188 valence electrons. The Kier molecular flexibility index (Phi) is 7.31. The minimum absolute atomic E-state index is 0.104. The Labute approximate surface area is 215 Å². The van der Waals surface area contributed by atoms with Gasteiger partial charge >= 0.3 is 11.9 Å². The van der Waals surface area contributed by atoms with Crippen molar-refractivity contribution in [2.24, 2.45) is 5.92 Å². The number of amides is 1. The lowest BCUT2D eigenvalue weighted by Crippen LogP contribution is -2.40. The lowest BCUT2D eigenvalue weighted by atomic mass is 9.96. The number of H-pyrrole nitrogens is 1. The summed E-state index contributed by atoms with van der Waals surface area (Å²) in [6.07, 6.45) is 3.11. The fourth-order valence-corrected chi connectivity index (χ4v) is 4.61. The molecule has 3 aromatic carbocycles. The highest BCUT2D eigenvalue weighted by Gasteiger charge is 2.29. The molecule has 1 N–H and O–H groups in total. The van der Waals surface area contributed by atoms with Crippen LogP contribution in [0.2, 0.25) is 0 Å². The molecule has 7 heteroatoms. The van der Waals surface area contributed by atoms with Crippen LogP contribution >= 0.6 is 0 Å². The van der Waals surface area contributed by atoms with E-state index in [0.29, 0.717) is 37.2 Å². The van der Waals surface area contributed by atoms with Gasteiger partial charge in [-0.15, -0.1) is 0 Å². The van der Waals surface area contributed by atoms with Gasteiger partial charge in [0.2, 0.25) is 0 Å². The summed E-state index contributed by atoms with van der Waals surface area (Å²) in [5.74, 6) is -0.499. The van der Waals surface area contributed by atoms with Crippen molar-refractivity contribution < 1.29 is 23.9 Å². The molecule has 1 saturated heterocycles. The van der Waals surface area contributed by atoms with Crippen LogP contribution < -0.4 is 4.74 Å². The quantitative estimate of drug-likeness (QED) is 0.290. The van der Waals surface area contributed by atoms with E-state index in [1.54, 1.807) is 29.2 Å². The summed E-state index contributed by atoms with van der Waals surface area (Å²) < 4.78 is 10.9. The molecule has 5 rings (SSSR count). The molecule has 0 atom stereocenters. The van der Waals surface area contributed by atoms with Gasteiger partial charge in [0.25, 0.3) is 5.91 Å². The Bertz CT molecular complexity index is 1390. The molecule has 0 spiro atoms. The SMILES string of the molecule is O=C(Cc1c[nH]c2ccccc12)Oc1ccc(C(=O)N2CCC(C(=O)OCc3ccccc3)CC2)cc1. The highest BCUT2D eigenvalue weighted by Crippen LogP contribution is 2.23. The number of hydrogen-bond donors (Lipinski definition) is 1. The Morgan fingerprint density at radius 2 is 1.57 bits per heavy atom. The third kappa shape index (κ3) is 5.89. The van der Waals surface area contributed by atoms with E-state index in [4.69, 9.17) is 9.47 Å². The van der Waals surface area contributed by atoms with Gasteiger partial charge in [0.05, 0.1) is 12.3 Å². The topological polar surface area (TPSA) is 88.7 Å². The smallest absolute Gasteiger partial charge is 0.315 e. The molecule has 0 unspecified atom stereocenters. The first-order valence-corrected chi connectivity index (χ1v) is 12.4. The number of rotatable bonds is 7. The molecular weight excluding hydrogens is 468 g/mol. The zero-order valence-corrected chi connectivity index (χ0v) is 20.4. The summed E-state index contributed by atoms with van der Waals surface area (Å²) in [5.41, 5.74) is 3.32. The minimum atomic E-state index is -0.370. The number of hydrogen-bond acceptors (Lipinski definition) is 5. The summed E-state index contributed by atoms with van der Waals surface area (Å²) in [6, 6.07) is 24.0. The summed E-state index contributed by atoms with van der Waals surface area (Å²) in [5, 5.41) is 0.994. The zero-order valence-electron chi connectivity index (χ0n) is 20.4. The van der Waals surface area contributed by atoms with Crippen LogP contribution in [-0.2, 0) is 27.4 Å². The number of fused-ring (bicyclic) bond motifs is 1. The van der Waals surface area contributed by atoms with Crippen LogP contribution in [0.4, 0.5) is 0 Å². The van der Waals surface area contributed by atoms with E-state index >= 15 is 0 Å². The van der Waals surface area contributed by atoms with Gasteiger partial charge in [0, 0.05) is 35.8 Å². The van der Waals surface area contributed by atoms with E-state index in [0.717, 1.165) is 22.0 Å². The maximum absolute atomic E-state index is 13.0. The van der Waals surface area contributed by atoms with Crippen LogP contribution in [0.25, 0.3) is 10.9 Å². The molecule has 37 heavy (non-hydrogen) atoms. The average Bonchev–Trinajstić information content (AvgIpc) is 3.35. The number of carbonyl (C=O) groups is 3. The van der Waals surface area contributed by atoms with Gasteiger partial charge in [0.15, 0.2) is 0 Å². The molecule has 1 aliphatic rings. The maximum Gasteiger partial charge on any atom is 0.315 e. The number of piperidine rings is 1. The Morgan fingerprint density at radius 1 is 0.865 bits per heavy atom. The van der Waals surface area contributed by atoms with Crippen molar-refractivity contribution in [3.8, 4) is 5.75 Å². The first kappa shape index (κ1) is 24.3. The number of esters is 2. The summed E-state index contributed by atoms with van der Waals surface area (Å²) in [7, 11) is 0. The molecule has 0 radical (unpaired) electrons. The number of nitrogens with one attached hydrogen (secondary N) is 1. The molecule has 1 fully saturated rings. The fraction of sp³-hybridized carbons (Fsp3) is 0.233. The van der Waals surface area contributed by atoms with Gasteiger partial charge < -0.3 is 19.4 Å². The van der Waals surface area contributed by atoms with Crippen LogP contribution in [0, 0.1) is 5.92 Å². The first-order chi connectivity index (χ1) is 18.1. The van der Waals surface area contributed by atoms with E-state index in [-0.39, 0.29) is 36.8 Å². The predicted octanol–water partition coefficient (Wildman–Crippen LogP) is 4.91. The number of likely N-dealkylation sites (tertiary alicyclic amines) is 1. The van der Waals surface area contributed by atoms with E-state index in [9.17, 15) is 14.4 Å². The van der Waals surface area contributed by atoms with Crippen molar-refractivity contribution in [3.05, 3.63) is 102 Å². The molecule has 0 saturated carbocycles. The largest absolute Gasteiger partial charge is 0.461 e. The average molecular weight is 497 g/mol. The molecule has 1 aliphatic heterocycles. The molecule has 2 heterocycles. The standard InChI is InChI=1S/C30H28N2O5/c33-28(18-24-19-31-27-9-5-4-8-26(24)27)37-25-12-10-22(11-13-25)29(34)32-16-14-23(15-17-32)30(35)36-20-21-6-2-1-3-7-21/h1-13,19,23,31H,14-18,20H2. The van der Waals surface area contributed by atoms with Crippen molar-refractivity contribution in [1.82, 2.24) is 9.88 Å². The zero-order chi connectivity index (χ0) is 25.6. The molecule has 0 bridgehead atoms. The Balaban J connectivity index is 1.10. The van der Waals surface area contributed by atoms with Gasteiger partial charge in [-0.25, -0.2) is 0 Å². The second-order valence-corrected chi connectivity index (χ2v) is 9.19. The van der Waals surface area contributed by atoms with Gasteiger partial charge in [0.1, 0.15) is 12.4 Å². The first-order valence-electron chi connectivity index (χ1n) is 12.4. The number of carbonyl (C=O) groups excluding carboxylic acids is 3. The van der Waals surface area contributed by atoms with Gasteiger partial charge in [-0.05, 0) is 54.3 Å². The fourth-order valence-electron chi connectivity index (χ4n) is 4.61. The van der Waals surface area contributed by atoms with E-state index in [2.05, 4.69) is 4.98 Å². The van der Waals surface area contributed by atoms with Crippen molar-refractivity contribution in [2.45, 2.75) is 25.9 Å². The van der Waals surface area contributed by atoms with Gasteiger partial charge in [-0.1, -0.05) is 48.5 Å². The van der Waals surface area contributed by atoms with E-state index in [1.807, 2.05) is 60.8 Å². The minimum Gasteiger partial charge on any atom is -0.461 e. The van der Waals surface area contributed by atoms with Gasteiger partial charge in [-0.2, -0.15) is 0 Å². The Morgan fingerprint density at radius 3 is 2.32 bits per heavy atom. The van der Waals surface area contributed by atoms with E-state index in [1.165, 1.54) is 0 Å². The van der Waals surface area contributed by atoms with Crippen molar-refractivity contribution >= 4 is 28.7 Å². The van der Waals surface area contributed by atoms with Crippen LogP contribution in [0.5, 0.6) is 5.75 Å². The molecule has 4 aromatic rings. The van der Waals surface area contributed by atoms with Gasteiger partial charge in [-0.3, -0.25) is 14.4 Å². The van der Waals surface area contributed by atoms with Crippen molar-refractivity contribution in [1.29, 1.82) is 0 Å². The summed E-state index contributed by atoms with van der Waals surface area (Å²) in [6.45, 7) is 1.24. The van der Waals surface area contributed by atoms with Crippen molar-refractivity contribution in [2.75, 3.05) is 13.1 Å². The van der Waals surface area contributed by atoms with Crippen LogP contribution in [0.1, 0.15) is 34.3 Å². The van der Waals surface area contributed by atoms with Crippen molar-refractivity contribution in [3.63, 3.8) is 0 Å². The molecular formula is C30H28N2O5. The van der Waals surface area contributed by atoms with Crippen LogP contribution in [0.3, 0.4) is 0 Å². The molecule has 1 aromatic heterocycles. The molecule has 0 aliphatic carbocycles. The van der Waals surface area contributed by atoms with E-state index < -0.39 is 0 Å². The normalized spacial score (nSPS) is 13.9. The number of aromatic amines is 1. The second-order valence-electron chi connectivity index (χ2n) is 9.19. The summed E-state index contributed by atoms with van der Waals surface area (Å²) >= 11 is 0. The highest BCUT2D eigenvalue weighted by atomic mass is 16.5. The number of aromatic nitrogens is 1. The second kappa shape index (κ2) is 11.1. The Hall–Kier alpha value is -4.39. The number of para-hydroxylation sites is 1. The third-order valence-corrected chi connectivity index (χ3v) is 6.68. The highest BCUT2D eigenvalue weighted by molar-refractivity contribution is 5.94. The molecule has 1 amide bonds. The van der Waals surface area contributed by atoms with Crippen LogP contribution in [0.15, 0.2) is 85.1 Å². The predicted molar refractivity (Wildman–Crippen MR) is 139 cm³/mol. The van der Waals surface area contributed by atoms with Crippen LogP contribution in [-0.4, -0.2) is 40.8 Å². The maximum atomic E-state index is 13.0. The number of benzene rings is 3. The number of ether oxygens (including phenoxy) is 2. The lowest BCUT2D eigenvalue weighted by molar-refractivity contribution is -0.151. The molecule has 7 nitrogen and oxygen atoms in total. The third-order valence-electron chi connectivity index (χ3n) is 6.68. The number of nitrogens with zero attached hydrogens (tertiary/aromatic N) is 1. The summed E-state index contributed by atoms with van der Waals surface area (Å²) in [4.78, 5) is 42.8.